The van der Waals surface area contributed by atoms with E-state index < -0.39 is 5.97 Å². The highest BCUT2D eigenvalue weighted by atomic mass is 16.5. The molecule has 22 heavy (non-hydrogen) atoms. The monoisotopic (exact) mass is 303 g/mol. The Morgan fingerprint density at radius 3 is 2.95 bits per heavy atom. The molecule has 0 spiro atoms. The van der Waals surface area contributed by atoms with Crippen molar-refractivity contribution >= 4 is 5.97 Å². The van der Waals surface area contributed by atoms with Gasteiger partial charge >= 0.3 is 5.97 Å². The molecule has 3 rings (SSSR count). The normalized spacial score (nSPS) is 24.5. The van der Waals surface area contributed by atoms with E-state index >= 15 is 0 Å². The SMILES string of the molecule is CCCN1CCC[C@@H]2Cc3c(ccc(OC(C)=O)c3O)C[C@H]21. The highest BCUT2D eigenvalue weighted by Gasteiger charge is 2.36. The third-order valence-electron chi connectivity index (χ3n) is 5.04. The molecule has 2 atom stereocenters. The van der Waals surface area contributed by atoms with E-state index in [1.165, 1.54) is 38.3 Å². The van der Waals surface area contributed by atoms with E-state index in [-0.39, 0.29) is 5.75 Å². The highest BCUT2D eigenvalue weighted by Crippen LogP contribution is 2.42. The van der Waals surface area contributed by atoms with E-state index in [0.717, 1.165) is 24.9 Å². The van der Waals surface area contributed by atoms with Gasteiger partial charge in [0.15, 0.2) is 11.5 Å². The molecule has 1 fully saturated rings. The zero-order valence-electron chi connectivity index (χ0n) is 13.5. The summed E-state index contributed by atoms with van der Waals surface area (Å²) in [5.41, 5.74) is 2.19. The Morgan fingerprint density at radius 1 is 1.41 bits per heavy atom. The van der Waals surface area contributed by atoms with Gasteiger partial charge in [0.2, 0.25) is 0 Å². The van der Waals surface area contributed by atoms with Crippen molar-refractivity contribution in [3.05, 3.63) is 23.3 Å². The quantitative estimate of drug-likeness (QED) is 0.689. The number of nitrogens with zero attached hydrogens (tertiary/aromatic N) is 1. The number of ether oxygens (including phenoxy) is 1. The number of carbonyl (C=O) groups is 1. The van der Waals surface area contributed by atoms with Crippen molar-refractivity contribution in [2.45, 2.75) is 52.0 Å². The number of phenolic OH excluding ortho intramolecular Hbond substituents is 1. The standard InChI is InChI=1S/C18H25NO3/c1-3-8-19-9-4-5-14-10-15-13(11-16(14)19)6-7-17(18(15)21)22-12(2)20/h6-7,14,16,21H,3-5,8-11H2,1-2H3/t14-,16-/m1/s1. The van der Waals surface area contributed by atoms with Crippen LogP contribution in [0.3, 0.4) is 0 Å². The van der Waals surface area contributed by atoms with Crippen LogP contribution in [-0.2, 0) is 17.6 Å². The van der Waals surface area contributed by atoms with Crippen LogP contribution in [0.5, 0.6) is 11.5 Å². The van der Waals surface area contributed by atoms with E-state index in [1.807, 2.05) is 6.07 Å². The number of fused-ring (bicyclic) bond motifs is 2. The van der Waals surface area contributed by atoms with Crippen molar-refractivity contribution in [2.24, 2.45) is 5.92 Å². The van der Waals surface area contributed by atoms with Gasteiger partial charge in [-0.05, 0) is 62.7 Å². The van der Waals surface area contributed by atoms with Crippen LogP contribution in [0.4, 0.5) is 0 Å². The first-order valence-corrected chi connectivity index (χ1v) is 8.36. The Kier molecular flexibility index (Phi) is 4.39. The highest BCUT2D eigenvalue weighted by molar-refractivity contribution is 5.71. The molecular weight excluding hydrogens is 278 g/mol. The Hall–Kier alpha value is -1.55. The summed E-state index contributed by atoms with van der Waals surface area (Å²) in [6.45, 7) is 5.95. The molecule has 2 aliphatic rings. The third kappa shape index (κ3) is 2.84. The van der Waals surface area contributed by atoms with Gasteiger partial charge in [0.05, 0.1) is 0 Å². The van der Waals surface area contributed by atoms with Crippen LogP contribution in [0.1, 0.15) is 44.2 Å². The Balaban J connectivity index is 1.88. The predicted molar refractivity (Wildman–Crippen MR) is 85.2 cm³/mol. The van der Waals surface area contributed by atoms with Gasteiger partial charge in [-0.1, -0.05) is 13.0 Å². The topological polar surface area (TPSA) is 49.8 Å². The molecule has 1 aliphatic heterocycles. The number of hydrogen-bond acceptors (Lipinski definition) is 4. The molecule has 0 aromatic heterocycles. The Morgan fingerprint density at radius 2 is 2.23 bits per heavy atom. The molecule has 1 heterocycles. The van der Waals surface area contributed by atoms with E-state index in [0.29, 0.717) is 17.7 Å². The van der Waals surface area contributed by atoms with E-state index in [4.69, 9.17) is 4.74 Å². The number of phenols is 1. The first kappa shape index (κ1) is 15.3. The molecule has 0 saturated carbocycles. The van der Waals surface area contributed by atoms with Gasteiger partial charge < -0.3 is 9.84 Å². The number of aromatic hydroxyl groups is 1. The van der Waals surface area contributed by atoms with Crippen molar-refractivity contribution in [1.82, 2.24) is 4.90 Å². The molecule has 0 unspecified atom stereocenters. The molecule has 1 aromatic rings. The molecule has 0 bridgehead atoms. The molecule has 0 amide bonds. The number of carbonyl (C=O) groups excluding carboxylic acids is 1. The average Bonchev–Trinajstić information content (AvgIpc) is 2.49. The summed E-state index contributed by atoms with van der Waals surface area (Å²) in [5.74, 6) is 0.673. The Labute approximate surface area is 132 Å². The summed E-state index contributed by atoms with van der Waals surface area (Å²) in [6.07, 6.45) is 5.53. The Bertz CT molecular complexity index is 568. The number of piperidine rings is 1. The first-order chi connectivity index (χ1) is 10.6. The van der Waals surface area contributed by atoms with Crippen LogP contribution in [0, 0.1) is 5.92 Å². The van der Waals surface area contributed by atoms with Crippen LogP contribution < -0.4 is 4.74 Å². The van der Waals surface area contributed by atoms with E-state index in [2.05, 4.69) is 11.8 Å². The van der Waals surface area contributed by atoms with Crippen LogP contribution >= 0.6 is 0 Å². The lowest BCUT2D eigenvalue weighted by atomic mass is 9.75. The maximum Gasteiger partial charge on any atom is 0.308 e. The summed E-state index contributed by atoms with van der Waals surface area (Å²) < 4.78 is 5.11. The van der Waals surface area contributed by atoms with Gasteiger partial charge in [-0.15, -0.1) is 0 Å². The number of likely N-dealkylation sites (tertiary alicyclic amines) is 1. The molecule has 0 radical (unpaired) electrons. The molecule has 4 nitrogen and oxygen atoms in total. The molecular formula is C18H25NO3. The average molecular weight is 303 g/mol. The van der Waals surface area contributed by atoms with Crippen molar-refractivity contribution in [3.63, 3.8) is 0 Å². The maximum absolute atomic E-state index is 11.1. The van der Waals surface area contributed by atoms with Crippen molar-refractivity contribution < 1.29 is 14.6 Å². The maximum atomic E-state index is 11.1. The van der Waals surface area contributed by atoms with Crippen LogP contribution in [0.15, 0.2) is 12.1 Å². The van der Waals surface area contributed by atoms with E-state index in [1.54, 1.807) is 6.07 Å². The molecule has 4 heteroatoms. The number of hydrogen-bond donors (Lipinski definition) is 1. The number of esters is 1. The van der Waals surface area contributed by atoms with Crippen molar-refractivity contribution in [1.29, 1.82) is 0 Å². The lowest BCUT2D eigenvalue weighted by Crippen LogP contribution is -2.49. The van der Waals surface area contributed by atoms with Gasteiger partial charge in [-0.2, -0.15) is 0 Å². The molecule has 120 valence electrons. The zero-order chi connectivity index (χ0) is 15.7. The second kappa shape index (κ2) is 6.29. The smallest absolute Gasteiger partial charge is 0.308 e. The lowest BCUT2D eigenvalue weighted by molar-refractivity contribution is -0.132. The fourth-order valence-electron chi connectivity index (χ4n) is 4.11. The second-order valence-electron chi connectivity index (χ2n) is 6.56. The van der Waals surface area contributed by atoms with Crippen molar-refractivity contribution in [3.8, 4) is 11.5 Å². The summed E-state index contributed by atoms with van der Waals surface area (Å²) in [5, 5.41) is 10.5. The van der Waals surface area contributed by atoms with Crippen LogP contribution in [0.25, 0.3) is 0 Å². The predicted octanol–water partition coefficient (Wildman–Crippen LogP) is 2.91. The minimum absolute atomic E-state index is 0.166. The largest absolute Gasteiger partial charge is 0.504 e. The molecule has 1 N–H and O–H groups in total. The van der Waals surface area contributed by atoms with E-state index in [9.17, 15) is 9.90 Å². The second-order valence-corrected chi connectivity index (χ2v) is 6.56. The minimum Gasteiger partial charge on any atom is -0.504 e. The summed E-state index contributed by atoms with van der Waals surface area (Å²) in [4.78, 5) is 13.8. The van der Waals surface area contributed by atoms with Gasteiger partial charge in [0.1, 0.15) is 0 Å². The lowest BCUT2D eigenvalue weighted by Gasteiger charge is -2.44. The molecule has 1 aliphatic carbocycles. The molecule has 1 saturated heterocycles. The minimum atomic E-state index is -0.393. The fourth-order valence-corrected chi connectivity index (χ4v) is 4.11. The molecule has 1 aromatic carbocycles. The number of benzene rings is 1. The first-order valence-electron chi connectivity index (χ1n) is 8.36. The van der Waals surface area contributed by atoms with Crippen LogP contribution in [-0.4, -0.2) is 35.1 Å². The summed E-state index contributed by atoms with van der Waals surface area (Å²) in [7, 11) is 0. The van der Waals surface area contributed by atoms with Gasteiger partial charge in [-0.3, -0.25) is 9.69 Å². The van der Waals surface area contributed by atoms with Gasteiger partial charge in [0.25, 0.3) is 0 Å². The third-order valence-corrected chi connectivity index (χ3v) is 5.04. The number of rotatable bonds is 3. The zero-order valence-corrected chi connectivity index (χ0v) is 13.5. The summed E-state index contributed by atoms with van der Waals surface area (Å²) in [6, 6.07) is 4.34. The van der Waals surface area contributed by atoms with Crippen molar-refractivity contribution in [2.75, 3.05) is 13.1 Å². The van der Waals surface area contributed by atoms with Gasteiger partial charge in [-0.25, -0.2) is 0 Å². The summed E-state index contributed by atoms with van der Waals surface area (Å²) >= 11 is 0. The van der Waals surface area contributed by atoms with Crippen LogP contribution in [0.2, 0.25) is 0 Å². The van der Waals surface area contributed by atoms with Gasteiger partial charge in [0, 0.05) is 18.5 Å². The fraction of sp³-hybridized carbons (Fsp3) is 0.611.